The number of guanidine groups is 1. The largest absolute Gasteiger partial charge is 0.357 e. The van der Waals surface area contributed by atoms with Crippen molar-refractivity contribution in [1.82, 2.24) is 20.4 Å². The molecule has 0 aromatic rings. The molecule has 2 rings (SSSR count). The van der Waals surface area contributed by atoms with E-state index in [1.54, 1.807) is 4.90 Å². The summed E-state index contributed by atoms with van der Waals surface area (Å²) in [5.41, 5.74) is 0. The van der Waals surface area contributed by atoms with E-state index < -0.39 is 0 Å². The van der Waals surface area contributed by atoms with E-state index in [1.165, 1.54) is 6.42 Å². The van der Waals surface area contributed by atoms with E-state index in [2.05, 4.69) is 34.4 Å². The lowest BCUT2D eigenvalue weighted by molar-refractivity contribution is -0.133. The van der Waals surface area contributed by atoms with Crippen LogP contribution in [0.5, 0.6) is 0 Å². The molecule has 3 unspecified atom stereocenters. The van der Waals surface area contributed by atoms with Gasteiger partial charge in [-0.1, -0.05) is 6.92 Å². The molecule has 1 saturated carbocycles. The van der Waals surface area contributed by atoms with Crippen molar-refractivity contribution in [1.29, 1.82) is 0 Å². The second kappa shape index (κ2) is 10.4. The van der Waals surface area contributed by atoms with Gasteiger partial charge in [-0.25, -0.2) is 0 Å². The van der Waals surface area contributed by atoms with Crippen LogP contribution in [0.3, 0.4) is 0 Å². The molecule has 2 N–H and O–H groups in total. The molecule has 0 aromatic carbocycles. The van der Waals surface area contributed by atoms with Gasteiger partial charge < -0.3 is 15.5 Å². The number of rotatable bonds is 7. The second-order valence-electron chi connectivity index (χ2n) is 7.00. The van der Waals surface area contributed by atoms with Gasteiger partial charge in [-0.15, -0.1) is 24.0 Å². The lowest BCUT2D eigenvalue weighted by Crippen LogP contribution is -2.43. The number of nitrogens with one attached hydrogen (secondary N) is 2. The van der Waals surface area contributed by atoms with Crippen molar-refractivity contribution in [3.63, 3.8) is 0 Å². The normalized spacial score (nSPS) is 26.7. The first-order chi connectivity index (χ1) is 11.0. The van der Waals surface area contributed by atoms with Crippen molar-refractivity contribution in [3.05, 3.63) is 0 Å². The van der Waals surface area contributed by atoms with Crippen LogP contribution in [0.2, 0.25) is 0 Å². The smallest absolute Gasteiger partial charge is 0.239 e. The molecule has 0 bridgehead atoms. The zero-order valence-corrected chi connectivity index (χ0v) is 17.9. The molecule has 0 aromatic heterocycles. The Hall–Kier alpha value is -0.570. The Morgan fingerprint density at radius 1 is 1.38 bits per heavy atom. The third-order valence-corrected chi connectivity index (χ3v) is 4.74. The molecule has 0 spiro atoms. The highest BCUT2D eigenvalue weighted by atomic mass is 127. The van der Waals surface area contributed by atoms with Gasteiger partial charge in [0.2, 0.25) is 5.91 Å². The highest BCUT2D eigenvalue weighted by Crippen LogP contribution is 2.28. The number of carbonyl (C=O) groups is 1. The van der Waals surface area contributed by atoms with Gasteiger partial charge in [-0.3, -0.25) is 14.7 Å². The number of nitrogens with zero attached hydrogens (tertiary/aromatic N) is 3. The molecular weight excluding hydrogens is 417 g/mol. The molecule has 1 amide bonds. The molecule has 3 atom stereocenters. The second-order valence-corrected chi connectivity index (χ2v) is 7.00. The summed E-state index contributed by atoms with van der Waals surface area (Å²) in [4.78, 5) is 20.9. The monoisotopic (exact) mass is 451 g/mol. The fourth-order valence-corrected chi connectivity index (χ4v) is 3.15. The molecule has 0 radical (unpaired) electrons. The Balaban J connectivity index is 0.00000288. The molecule has 1 saturated heterocycles. The van der Waals surface area contributed by atoms with Crippen LogP contribution in [0, 0.1) is 5.92 Å². The molecule has 7 heteroatoms. The molecule has 24 heavy (non-hydrogen) atoms. The van der Waals surface area contributed by atoms with E-state index in [-0.39, 0.29) is 35.9 Å². The van der Waals surface area contributed by atoms with Crippen molar-refractivity contribution in [2.45, 2.75) is 51.6 Å². The Morgan fingerprint density at radius 2 is 2.08 bits per heavy atom. The Labute approximate surface area is 163 Å². The molecule has 1 aliphatic carbocycles. The predicted octanol–water partition coefficient (Wildman–Crippen LogP) is 1.51. The number of likely N-dealkylation sites (N-methyl/N-ethyl adjacent to an activating group) is 1. The highest BCUT2D eigenvalue weighted by Gasteiger charge is 2.33. The lowest BCUT2D eigenvalue weighted by atomic mass is 10.2. The highest BCUT2D eigenvalue weighted by molar-refractivity contribution is 14.0. The summed E-state index contributed by atoms with van der Waals surface area (Å²) in [5, 5.41) is 6.79. The van der Waals surface area contributed by atoms with Crippen LogP contribution >= 0.6 is 24.0 Å². The fourth-order valence-electron chi connectivity index (χ4n) is 3.15. The Morgan fingerprint density at radius 3 is 2.67 bits per heavy atom. The molecule has 1 heterocycles. The summed E-state index contributed by atoms with van der Waals surface area (Å²) in [6.45, 7) is 8.03. The maximum Gasteiger partial charge on any atom is 0.239 e. The van der Waals surface area contributed by atoms with Gasteiger partial charge in [0.05, 0.1) is 6.04 Å². The molecule has 6 nitrogen and oxygen atoms in total. The van der Waals surface area contributed by atoms with Crippen LogP contribution in [0.4, 0.5) is 0 Å². The average Bonchev–Trinajstić information content (AvgIpc) is 3.01. The Bertz CT molecular complexity index is 429. The minimum absolute atomic E-state index is 0. The van der Waals surface area contributed by atoms with Crippen LogP contribution < -0.4 is 10.6 Å². The van der Waals surface area contributed by atoms with Crippen molar-refractivity contribution in [2.75, 3.05) is 40.3 Å². The van der Waals surface area contributed by atoms with Gasteiger partial charge in [-0.05, 0) is 45.1 Å². The number of hydrogen-bond acceptors (Lipinski definition) is 3. The predicted molar refractivity (Wildman–Crippen MR) is 110 cm³/mol. The van der Waals surface area contributed by atoms with Gasteiger partial charge in [0.1, 0.15) is 0 Å². The fraction of sp³-hybridized carbons (Fsp3) is 0.882. The van der Waals surface area contributed by atoms with Crippen LogP contribution in [0.15, 0.2) is 4.99 Å². The van der Waals surface area contributed by atoms with E-state index in [4.69, 9.17) is 0 Å². The minimum atomic E-state index is 0. The first kappa shape index (κ1) is 21.5. The van der Waals surface area contributed by atoms with E-state index >= 15 is 0 Å². The van der Waals surface area contributed by atoms with E-state index in [0.29, 0.717) is 6.04 Å². The van der Waals surface area contributed by atoms with Crippen LogP contribution in [-0.2, 0) is 4.79 Å². The molecule has 140 valence electrons. The molecule has 2 fully saturated rings. The summed E-state index contributed by atoms with van der Waals surface area (Å²) < 4.78 is 0. The quantitative estimate of drug-likeness (QED) is 0.267. The van der Waals surface area contributed by atoms with Gasteiger partial charge in [0.15, 0.2) is 5.96 Å². The summed E-state index contributed by atoms with van der Waals surface area (Å²) in [6.07, 6.45) is 4.35. The van der Waals surface area contributed by atoms with Gasteiger partial charge in [-0.2, -0.15) is 0 Å². The van der Waals surface area contributed by atoms with Crippen molar-refractivity contribution < 1.29 is 4.79 Å². The summed E-state index contributed by atoms with van der Waals surface area (Å²) in [6, 6.07) is 0.668. The number of halogens is 1. The third kappa shape index (κ3) is 6.38. The van der Waals surface area contributed by atoms with Gasteiger partial charge in [0, 0.05) is 39.8 Å². The number of likely N-dealkylation sites (tertiary alicyclic amines) is 1. The lowest BCUT2D eigenvalue weighted by Gasteiger charge is -2.25. The SMILES string of the molecule is CCNC(=NCCCN1CCCC1C(=O)N(C)C)NC1CC1C.I. The van der Waals surface area contributed by atoms with Crippen molar-refractivity contribution in [3.8, 4) is 0 Å². The van der Waals surface area contributed by atoms with E-state index in [9.17, 15) is 4.79 Å². The molecule has 2 aliphatic rings. The standard InChI is InChI=1S/C17H33N5O.HI/c1-5-18-17(20-14-12-13(14)2)19-9-7-11-22-10-6-8-15(22)16(23)21(3)4;/h13-15H,5-12H2,1-4H3,(H2,18,19,20);1H. The maximum atomic E-state index is 12.2. The minimum Gasteiger partial charge on any atom is -0.357 e. The summed E-state index contributed by atoms with van der Waals surface area (Å²) in [5.74, 6) is 1.94. The third-order valence-electron chi connectivity index (χ3n) is 4.74. The van der Waals surface area contributed by atoms with Crippen molar-refractivity contribution in [2.24, 2.45) is 10.9 Å². The summed E-state index contributed by atoms with van der Waals surface area (Å²) >= 11 is 0. The van der Waals surface area contributed by atoms with E-state index in [0.717, 1.165) is 57.3 Å². The van der Waals surface area contributed by atoms with Gasteiger partial charge >= 0.3 is 0 Å². The Kier molecular flexibility index (Phi) is 9.33. The maximum absolute atomic E-state index is 12.2. The zero-order valence-electron chi connectivity index (χ0n) is 15.5. The van der Waals surface area contributed by atoms with Crippen LogP contribution in [0.25, 0.3) is 0 Å². The first-order valence-electron chi connectivity index (χ1n) is 9.03. The van der Waals surface area contributed by atoms with Crippen LogP contribution in [0.1, 0.15) is 39.5 Å². The van der Waals surface area contributed by atoms with Gasteiger partial charge in [0.25, 0.3) is 0 Å². The van der Waals surface area contributed by atoms with Crippen LogP contribution in [-0.4, -0.2) is 74.0 Å². The zero-order chi connectivity index (χ0) is 16.8. The molecule has 1 aliphatic heterocycles. The number of hydrogen-bond donors (Lipinski definition) is 2. The topological polar surface area (TPSA) is 60.0 Å². The first-order valence-corrected chi connectivity index (χ1v) is 9.03. The van der Waals surface area contributed by atoms with Crippen molar-refractivity contribution >= 4 is 35.8 Å². The number of amides is 1. The molecular formula is C17H34IN5O. The summed E-state index contributed by atoms with van der Waals surface area (Å²) in [7, 11) is 3.69. The average molecular weight is 451 g/mol. The van der Waals surface area contributed by atoms with E-state index in [1.807, 2.05) is 14.1 Å². The number of aliphatic imine (C=N–C) groups is 1. The number of carbonyl (C=O) groups excluding carboxylic acids is 1.